The molecular weight excluding hydrogens is 344 g/mol. The lowest BCUT2D eigenvalue weighted by atomic mass is 9.88. The summed E-state index contributed by atoms with van der Waals surface area (Å²) in [5, 5.41) is 0. The van der Waals surface area contributed by atoms with Crippen molar-refractivity contribution in [3.63, 3.8) is 0 Å². The summed E-state index contributed by atoms with van der Waals surface area (Å²) in [5.74, 6) is 1.23. The van der Waals surface area contributed by atoms with Crippen LogP contribution in [-0.4, -0.2) is 16.6 Å². The summed E-state index contributed by atoms with van der Waals surface area (Å²) < 4.78 is 5.60. The predicted molar refractivity (Wildman–Crippen MR) is 120 cm³/mol. The number of nitrogens with zero attached hydrogens (tertiary/aromatic N) is 2. The van der Waals surface area contributed by atoms with Gasteiger partial charge in [-0.15, -0.1) is 0 Å². The highest BCUT2D eigenvalue weighted by atomic mass is 16.5. The zero-order valence-corrected chi connectivity index (χ0v) is 18.7. The van der Waals surface area contributed by atoms with Crippen LogP contribution in [0, 0.1) is 12.8 Å². The molecule has 0 aliphatic carbocycles. The first-order valence-corrected chi connectivity index (χ1v) is 10.8. The number of aromatic nitrogens is 2. The molecular formula is C25H36N2O. The molecule has 0 saturated heterocycles. The third-order valence-corrected chi connectivity index (χ3v) is 5.38. The molecule has 2 rings (SSSR count). The highest BCUT2D eigenvalue weighted by molar-refractivity contribution is 5.74. The van der Waals surface area contributed by atoms with E-state index in [9.17, 15) is 0 Å². The van der Waals surface area contributed by atoms with Gasteiger partial charge in [-0.1, -0.05) is 40.7 Å². The van der Waals surface area contributed by atoms with E-state index in [1.165, 1.54) is 16.7 Å². The molecule has 0 aromatic carbocycles. The molecule has 0 aliphatic heterocycles. The molecule has 1 atom stereocenters. The Morgan fingerprint density at radius 2 is 1.82 bits per heavy atom. The number of pyridine rings is 2. The standard InChI is InChI=1S/C25H36N2O/c1-8-13-20(17(6)9-2)22-16-19(10-3)25(26-18(22)7)21-14-15-24(28-12-5)27-23(21)11-4/h13-17H,8-12H2,1-7H3/t17-/m1/s1. The fourth-order valence-corrected chi connectivity index (χ4v) is 3.65. The van der Waals surface area contributed by atoms with Crippen molar-refractivity contribution in [3.05, 3.63) is 46.8 Å². The van der Waals surface area contributed by atoms with Crippen molar-refractivity contribution in [3.8, 4) is 17.1 Å². The van der Waals surface area contributed by atoms with E-state index in [0.29, 0.717) is 18.4 Å². The van der Waals surface area contributed by atoms with Gasteiger partial charge in [-0.05, 0) is 74.3 Å². The average molecular weight is 381 g/mol. The summed E-state index contributed by atoms with van der Waals surface area (Å²) in [6.07, 6.45) is 6.36. The second-order valence-electron chi connectivity index (χ2n) is 7.29. The smallest absolute Gasteiger partial charge is 0.213 e. The van der Waals surface area contributed by atoms with Gasteiger partial charge in [-0.3, -0.25) is 4.98 Å². The first kappa shape index (κ1) is 22.1. The van der Waals surface area contributed by atoms with Gasteiger partial charge in [0.05, 0.1) is 18.0 Å². The molecule has 152 valence electrons. The Bertz CT molecular complexity index is 824. The zero-order valence-electron chi connectivity index (χ0n) is 18.7. The topological polar surface area (TPSA) is 35.0 Å². The summed E-state index contributed by atoms with van der Waals surface area (Å²) in [4.78, 5) is 9.81. The fraction of sp³-hybridized carbons (Fsp3) is 0.520. The van der Waals surface area contributed by atoms with Crippen LogP contribution in [0.4, 0.5) is 0 Å². The SMILES string of the molecule is CCC=C(c1cc(CC)c(-c2ccc(OCC)nc2CC)nc1C)[C@H](C)CC. The number of rotatable bonds is 9. The lowest BCUT2D eigenvalue weighted by Gasteiger charge is -2.20. The van der Waals surface area contributed by atoms with E-state index in [4.69, 9.17) is 14.7 Å². The molecule has 0 saturated carbocycles. The Kier molecular flexibility index (Phi) is 8.22. The molecule has 0 bridgehead atoms. The molecule has 0 unspecified atom stereocenters. The van der Waals surface area contributed by atoms with Gasteiger partial charge in [0.1, 0.15) is 0 Å². The summed E-state index contributed by atoms with van der Waals surface area (Å²) in [6, 6.07) is 6.44. The van der Waals surface area contributed by atoms with Crippen LogP contribution in [0.25, 0.3) is 16.8 Å². The van der Waals surface area contributed by atoms with E-state index in [0.717, 1.165) is 48.3 Å². The second kappa shape index (κ2) is 10.4. The van der Waals surface area contributed by atoms with Crippen molar-refractivity contribution in [1.29, 1.82) is 0 Å². The molecule has 0 N–H and O–H groups in total. The normalized spacial score (nSPS) is 12.9. The molecule has 0 fully saturated rings. The molecule has 28 heavy (non-hydrogen) atoms. The van der Waals surface area contributed by atoms with Gasteiger partial charge in [-0.2, -0.15) is 0 Å². The van der Waals surface area contributed by atoms with Gasteiger partial charge < -0.3 is 4.74 Å². The van der Waals surface area contributed by atoms with Gasteiger partial charge in [0.25, 0.3) is 0 Å². The monoisotopic (exact) mass is 380 g/mol. The maximum atomic E-state index is 5.60. The molecule has 2 heterocycles. The van der Waals surface area contributed by atoms with E-state index in [2.05, 4.69) is 59.8 Å². The maximum absolute atomic E-state index is 5.60. The average Bonchev–Trinajstić information content (AvgIpc) is 2.71. The number of ether oxygens (including phenoxy) is 1. The van der Waals surface area contributed by atoms with Crippen LogP contribution < -0.4 is 4.74 Å². The first-order valence-electron chi connectivity index (χ1n) is 10.8. The van der Waals surface area contributed by atoms with Crippen LogP contribution in [0.3, 0.4) is 0 Å². The Balaban J connectivity index is 2.62. The van der Waals surface area contributed by atoms with E-state index < -0.39 is 0 Å². The molecule has 0 spiro atoms. The third-order valence-electron chi connectivity index (χ3n) is 5.38. The van der Waals surface area contributed by atoms with Crippen LogP contribution in [-0.2, 0) is 12.8 Å². The molecule has 0 aliphatic rings. The summed E-state index contributed by atoms with van der Waals surface area (Å²) in [7, 11) is 0. The van der Waals surface area contributed by atoms with Crippen LogP contribution >= 0.6 is 0 Å². The first-order chi connectivity index (χ1) is 13.5. The van der Waals surface area contributed by atoms with Crippen molar-refractivity contribution in [2.24, 2.45) is 5.92 Å². The van der Waals surface area contributed by atoms with Gasteiger partial charge in [-0.25, -0.2) is 4.98 Å². The van der Waals surface area contributed by atoms with Crippen LogP contribution in [0.1, 0.15) is 76.9 Å². The minimum Gasteiger partial charge on any atom is -0.478 e. The minimum absolute atomic E-state index is 0.536. The predicted octanol–water partition coefficient (Wildman–Crippen LogP) is 6.82. The van der Waals surface area contributed by atoms with Crippen molar-refractivity contribution >= 4 is 5.57 Å². The quantitative estimate of drug-likeness (QED) is 0.479. The van der Waals surface area contributed by atoms with E-state index in [1.54, 1.807) is 0 Å². The van der Waals surface area contributed by atoms with Gasteiger partial charge >= 0.3 is 0 Å². The van der Waals surface area contributed by atoms with Crippen molar-refractivity contribution in [1.82, 2.24) is 9.97 Å². The van der Waals surface area contributed by atoms with Crippen LogP contribution in [0.2, 0.25) is 0 Å². The Morgan fingerprint density at radius 3 is 2.39 bits per heavy atom. The van der Waals surface area contributed by atoms with Crippen LogP contribution in [0.15, 0.2) is 24.3 Å². The fourth-order valence-electron chi connectivity index (χ4n) is 3.65. The zero-order chi connectivity index (χ0) is 20.7. The Hall–Kier alpha value is -2.16. The van der Waals surface area contributed by atoms with Crippen molar-refractivity contribution in [2.45, 2.75) is 74.1 Å². The van der Waals surface area contributed by atoms with Gasteiger partial charge in [0.2, 0.25) is 5.88 Å². The Morgan fingerprint density at radius 1 is 1.07 bits per heavy atom. The summed E-state index contributed by atoms with van der Waals surface area (Å²) >= 11 is 0. The molecule has 2 aromatic rings. The number of allylic oxidation sites excluding steroid dienone is 2. The van der Waals surface area contributed by atoms with Crippen LogP contribution in [0.5, 0.6) is 5.88 Å². The minimum atomic E-state index is 0.536. The van der Waals surface area contributed by atoms with Crippen molar-refractivity contribution in [2.75, 3.05) is 6.61 Å². The number of hydrogen-bond acceptors (Lipinski definition) is 3. The maximum Gasteiger partial charge on any atom is 0.213 e. The molecule has 3 nitrogen and oxygen atoms in total. The lowest BCUT2D eigenvalue weighted by Crippen LogP contribution is -2.06. The molecule has 0 radical (unpaired) electrons. The number of aryl methyl sites for hydroxylation is 3. The molecule has 2 aromatic heterocycles. The summed E-state index contributed by atoms with van der Waals surface area (Å²) in [5.41, 5.74) is 8.35. The van der Waals surface area contributed by atoms with E-state index >= 15 is 0 Å². The van der Waals surface area contributed by atoms with Gasteiger partial charge in [0.15, 0.2) is 0 Å². The van der Waals surface area contributed by atoms with E-state index in [1.807, 2.05) is 13.0 Å². The van der Waals surface area contributed by atoms with E-state index in [-0.39, 0.29) is 0 Å². The van der Waals surface area contributed by atoms with Gasteiger partial charge in [0, 0.05) is 17.3 Å². The second-order valence-corrected chi connectivity index (χ2v) is 7.29. The molecule has 3 heteroatoms. The third kappa shape index (κ3) is 4.81. The lowest BCUT2D eigenvalue weighted by molar-refractivity contribution is 0.326. The Labute approximate surface area is 171 Å². The number of hydrogen-bond donors (Lipinski definition) is 0. The summed E-state index contributed by atoms with van der Waals surface area (Å²) in [6.45, 7) is 15.9. The highest BCUT2D eigenvalue weighted by Gasteiger charge is 2.18. The highest BCUT2D eigenvalue weighted by Crippen LogP contribution is 2.34. The molecule has 0 amide bonds. The van der Waals surface area contributed by atoms with Crippen molar-refractivity contribution < 1.29 is 4.74 Å². The largest absolute Gasteiger partial charge is 0.478 e.